The van der Waals surface area contributed by atoms with Crippen molar-refractivity contribution < 1.29 is 23.2 Å². The van der Waals surface area contributed by atoms with Crippen molar-refractivity contribution in [2.75, 3.05) is 13.2 Å². The molecule has 0 spiro atoms. The molecule has 1 amide bonds. The van der Waals surface area contributed by atoms with E-state index in [0.717, 1.165) is 5.56 Å². The quantitative estimate of drug-likeness (QED) is 0.344. The van der Waals surface area contributed by atoms with Crippen molar-refractivity contribution in [2.45, 2.75) is 20.4 Å². The molecule has 1 N–H and O–H groups in total. The second kappa shape index (κ2) is 8.49. The van der Waals surface area contributed by atoms with E-state index in [4.69, 9.17) is 14.6 Å². The number of carbonyl (C=O) groups excluding carboxylic acids is 1. The Morgan fingerprint density at radius 1 is 1.24 bits per heavy atom. The summed E-state index contributed by atoms with van der Waals surface area (Å²) in [6, 6.07) is 9.15. The van der Waals surface area contributed by atoms with Crippen molar-refractivity contribution in [2.24, 2.45) is 0 Å². The predicted octanol–water partition coefficient (Wildman–Crippen LogP) is 2.20. The van der Waals surface area contributed by atoms with Gasteiger partial charge < -0.3 is 19.9 Å². The number of nitrogens with zero attached hydrogens (tertiary/aromatic N) is 2. The van der Waals surface area contributed by atoms with Gasteiger partial charge in [-0.3, -0.25) is 4.79 Å². The van der Waals surface area contributed by atoms with Crippen molar-refractivity contribution in [3.8, 4) is 0 Å². The van der Waals surface area contributed by atoms with E-state index < -0.39 is 19.0 Å². The van der Waals surface area contributed by atoms with Gasteiger partial charge in [-0.1, -0.05) is 30.3 Å². The Labute approximate surface area is 123 Å². The monoisotopic (exact) mass is 311 g/mol. The van der Waals surface area contributed by atoms with Crippen LogP contribution in [0.5, 0.6) is 0 Å². The highest BCUT2D eigenvalue weighted by atomic mass is 31.2. The molecule has 0 fully saturated rings. The third-order valence-corrected chi connectivity index (χ3v) is 4.46. The first-order valence-corrected chi connectivity index (χ1v) is 8.05. The number of hydrogen-bond acceptors (Lipinski definition) is 4. The molecule has 21 heavy (non-hydrogen) atoms. The van der Waals surface area contributed by atoms with E-state index in [1.165, 1.54) is 0 Å². The van der Waals surface area contributed by atoms with Gasteiger partial charge in [0, 0.05) is 6.54 Å². The van der Waals surface area contributed by atoms with Gasteiger partial charge in [-0.25, -0.2) is 4.57 Å². The predicted molar refractivity (Wildman–Crippen MR) is 77.8 cm³/mol. The SMILES string of the molecule is CCOP(=O)(OCC)C(=[N+]=[N-])C(=O)NCc1ccccc1. The molecule has 114 valence electrons. The van der Waals surface area contributed by atoms with E-state index in [0.29, 0.717) is 0 Å². The molecule has 0 atom stereocenters. The van der Waals surface area contributed by atoms with Crippen molar-refractivity contribution in [1.29, 1.82) is 0 Å². The molecule has 1 aromatic carbocycles. The Bertz CT molecular complexity index is 560. The molecule has 1 aromatic rings. The number of rotatable bonds is 8. The molecule has 0 heterocycles. The highest BCUT2D eigenvalue weighted by molar-refractivity contribution is 7.74. The van der Waals surface area contributed by atoms with E-state index in [1.807, 2.05) is 30.3 Å². The van der Waals surface area contributed by atoms with Crippen LogP contribution in [0, 0.1) is 0 Å². The molecule has 0 radical (unpaired) electrons. The molecule has 0 unspecified atom stereocenters. The largest absolute Gasteiger partial charge is 0.465 e. The fourth-order valence-corrected chi connectivity index (χ4v) is 3.02. The van der Waals surface area contributed by atoms with E-state index in [-0.39, 0.29) is 19.8 Å². The normalized spacial score (nSPS) is 10.8. The van der Waals surface area contributed by atoms with Crippen LogP contribution in [0.3, 0.4) is 0 Å². The average molecular weight is 311 g/mol. The Balaban J connectivity index is 2.81. The molecule has 1 rings (SSSR count). The molecule has 0 aliphatic heterocycles. The Hall–Kier alpha value is -1.78. The van der Waals surface area contributed by atoms with Crippen molar-refractivity contribution >= 4 is 19.0 Å². The standard InChI is InChI=1S/C13H18N3O4P/c1-3-19-21(18,20-4-2)13(16-14)12(17)15-10-11-8-6-5-7-9-11/h5-9H,3-4,10H2,1-2H3,(H,15,17). The summed E-state index contributed by atoms with van der Waals surface area (Å²) < 4.78 is 22.4. The van der Waals surface area contributed by atoms with Gasteiger partial charge >= 0.3 is 19.0 Å². The van der Waals surface area contributed by atoms with Gasteiger partial charge in [0.1, 0.15) is 0 Å². The zero-order valence-electron chi connectivity index (χ0n) is 12.0. The smallest absolute Gasteiger partial charge is 0.360 e. The van der Waals surface area contributed by atoms with E-state index in [2.05, 4.69) is 10.1 Å². The first-order chi connectivity index (χ1) is 10.1. The van der Waals surface area contributed by atoms with Crippen molar-refractivity contribution in [3.63, 3.8) is 0 Å². The minimum atomic E-state index is -3.92. The maximum Gasteiger partial charge on any atom is 0.465 e. The minimum absolute atomic E-state index is 0.0578. The van der Waals surface area contributed by atoms with Crippen LogP contribution in [0.1, 0.15) is 19.4 Å². The average Bonchev–Trinajstić information content (AvgIpc) is 2.47. The van der Waals surface area contributed by atoms with Crippen molar-refractivity contribution in [3.05, 3.63) is 41.4 Å². The fourth-order valence-electron chi connectivity index (χ4n) is 1.58. The lowest BCUT2D eigenvalue weighted by Gasteiger charge is -2.12. The highest BCUT2D eigenvalue weighted by Gasteiger charge is 2.45. The molecule has 0 bridgehead atoms. The number of nitrogens with one attached hydrogen (secondary N) is 1. The van der Waals surface area contributed by atoms with E-state index in [9.17, 15) is 9.36 Å². The molecule has 0 saturated carbocycles. The first kappa shape index (κ1) is 17.3. The van der Waals surface area contributed by atoms with Crippen molar-refractivity contribution in [1.82, 2.24) is 5.32 Å². The van der Waals surface area contributed by atoms with Crippen LogP contribution in [-0.2, 0) is 25.0 Å². The van der Waals surface area contributed by atoms with Gasteiger partial charge in [0.25, 0.3) is 0 Å². The summed E-state index contributed by atoms with van der Waals surface area (Å²) in [5, 5.41) is 2.51. The maximum absolute atomic E-state index is 12.4. The molecule has 0 aliphatic carbocycles. The van der Waals surface area contributed by atoms with Crippen LogP contribution >= 0.6 is 7.60 Å². The van der Waals surface area contributed by atoms with Gasteiger partial charge in [-0.15, -0.1) is 0 Å². The van der Waals surface area contributed by atoms with Gasteiger partial charge in [0.2, 0.25) is 0 Å². The summed E-state index contributed by atoms with van der Waals surface area (Å²) in [6.45, 7) is 3.52. The molecular weight excluding hydrogens is 293 g/mol. The van der Waals surface area contributed by atoms with Crippen LogP contribution < -0.4 is 5.32 Å². The summed E-state index contributed by atoms with van der Waals surface area (Å²) in [5.74, 6) is -0.799. The van der Waals surface area contributed by atoms with Gasteiger partial charge in [-0.05, 0) is 19.4 Å². The fraction of sp³-hybridized carbons (Fsp3) is 0.385. The van der Waals surface area contributed by atoms with Gasteiger partial charge in [0.05, 0.1) is 13.2 Å². The number of hydrogen-bond donors (Lipinski definition) is 1. The molecule has 7 nitrogen and oxygen atoms in total. The Morgan fingerprint density at radius 3 is 2.29 bits per heavy atom. The second-order valence-corrected chi connectivity index (χ2v) is 5.86. The molecule has 0 aromatic heterocycles. The zero-order chi connectivity index (χ0) is 15.7. The highest BCUT2D eigenvalue weighted by Crippen LogP contribution is 2.48. The van der Waals surface area contributed by atoms with E-state index in [1.54, 1.807) is 13.8 Å². The lowest BCUT2D eigenvalue weighted by atomic mass is 10.2. The Kier molecular flexibility index (Phi) is 6.99. The Morgan fingerprint density at radius 2 is 1.81 bits per heavy atom. The van der Waals surface area contributed by atoms with Crippen LogP contribution in [0.25, 0.3) is 5.53 Å². The first-order valence-electron chi connectivity index (χ1n) is 6.51. The third kappa shape index (κ3) is 4.92. The molecule has 0 aliphatic rings. The van der Waals surface area contributed by atoms with Crippen LogP contribution in [0.4, 0.5) is 0 Å². The van der Waals surface area contributed by atoms with Crippen LogP contribution in [0.2, 0.25) is 0 Å². The lowest BCUT2D eigenvalue weighted by Crippen LogP contribution is -2.32. The van der Waals surface area contributed by atoms with Crippen LogP contribution in [-0.4, -0.2) is 29.4 Å². The molecule has 0 saturated heterocycles. The van der Waals surface area contributed by atoms with E-state index >= 15 is 0 Å². The number of amides is 1. The number of carbonyl (C=O) groups is 1. The summed E-state index contributed by atoms with van der Waals surface area (Å²) in [6.07, 6.45) is 0. The second-order valence-electron chi connectivity index (χ2n) is 3.92. The summed E-state index contributed by atoms with van der Waals surface area (Å²) in [5.41, 5.74) is 9.18. The van der Waals surface area contributed by atoms with Crippen LogP contribution in [0.15, 0.2) is 30.3 Å². The summed E-state index contributed by atoms with van der Waals surface area (Å²) in [7, 11) is -3.92. The maximum atomic E-state index is 12.4. The molecular formula is C13H18N3O4P. The van der Waals surface area contributed by atoms with Gasteiger partial charge in [-0.2, -0.15) is 4.79 Å². The summed E-state index contributed by atoms with van der Waals surface area (Å²) >= 11 is 0. The third-order valence-electron chi connectivity index (χ3n) is 2.45. The molecule has 8 heteroatoms. The van der Waals surface area contributed by atoms with Gasteiger partial charge in [0.15, 0.2) is 0 Å². The number of benzene rings is 1. The topological polar surface area (TPSA) is 101 Å². The summed E-state index contributed by atoms with van der Waals surface area (Å²) in [4.78, 5) is 14.8. The zero-order valence-corrected chi connectivity index (χ0v) is 12.9. The minimum Gasteiger partial charge on any atom is -0.360 e. The lowest BCUT2D eigenvalue weighted by molar-refractivity contribution is -0.118.